The van der Waals surface area contributed by atoms with E-state index in [1.54, 1.807) is 12.1 Å². The first-order chi connectivity index (χ1) is 11.2. The average Bonchev–Trinajstić information content (AvgIpc) is 2.96. The van der Waals surface area contributed by atoms with E-state index in [0.717, 1.165) is 21.9 Å². The van der Waals surface area contributed by atoms with E-state index in [-0.39, 0.29) is 5.82 Å². The summed E-state index contributed by atoms with van der Waals surface area (Å²) in [5.41, 5.74) is 2.60. The summed E-state index contributed by atoms with van der Waals surface area (Å²) in [5, 5.41) is 9.47. The summed E-state index contributed by atoms with van der Waals surface area (Å²) >= 11 is 1.42. The fraction of sp³-hybridized carbons (Fsp3) is 0.176. The van der Waals surface area contributed by atoms with Crippen LogP contribution in [0.1, 0.15) is 18.1 Å². The van der Waals surface area contributed by atoms with Crippen LogP contribution in [0.3, 0.4) is 0 Å². The lowest BCUT2D eigenvalue weighted by molar-refractivity contribution is 0.340. The van der Waals surface area contributed by atoms with Crippen molar-refractivity contribution in [3.05, 3.63) is 53.3 Å². The summed E-state index contributed by atoms with van der Waals surface area (Å²) in [5.74, 6) is 0.861. The number of nitrogens with one attached hydrogen (secondary N) is 1. The molecule has 1 aromatic heterocycles. The summed E-state index contributed by atoms with van der Waals surface area (Å²) in [6, 6.07) is 12.1. The minimum atomic E-state index is -0.369. The molecule has 0 amide bonds. The number of hydrogen-bond donors (Lipinski definition) is 1. The van der Waals surface area contributed by atoms with Crippen molar-refractivity contribution in [1.29, 1.82) is 5.26 Å². The van der Waals surface area contributed by atoms with Crippen molar-refractivity contribution in [1.82, 2.24) is 9.97 Å². The van der Waals surface area contributed by atoms with Gasteiger partial charge in [0.05, 0.1) is 29.3 Å². The minimum absolute atomic E-state index is 0.323. The number of benzene rings is 2. The van der Waals surface area contributed by atoms with E-state index >= 15 is 0 Å². The number of nitrogens with zero attached hydrogens (tertiary/aromatic N) is 2. The van der Waals surface area contributed by atoms with Gasteiger partial charge >= 0.3 is 0 Å². The highest BCUT2D eigenvalue weighted by Crippen LogP contribution is 2.26. The summed E-state index contributed by atoms with van der Waals surface area (Å²) in [6.07, 6.45) is 0. The molecule has 0 aliphatic carbocycles. The summed E-state index contributed by atoms with van der Waals surface area (Å²) < 4.78 is 19.3. The molecule has 0 radical (unpaired) electrons. The molecule has 4 nitrogen and oxygen atoms in total. The molecule has 1 heterocycles. The van der Waals surface area contributed by atoms with Gasteiger partial charge in [0.25, 0.3) is 0 Å². The Morgan fingerprint density at radius 1 is 1.30 bits per heavy atom. The molecule has 6 heteroatoms. The Bertz CT molecular complexity index is 885. The maximum atomic E-state index is 13.9. The maximum Gasteiger partial charge on any atom is 0.166 e. The number of fused-ring (bicyclic) bond motifs is 1. The molecule has 0 aliphatic heterocycles. The van der Waals surface area contributed by atoms with Gasteiger partial charge in [-0.25, -0.2) is 9.37 Å². The molecule has 0 fully saturated rings. The summed E-state index contributed by atoms with van der Waals surface area (Å²) in [6.45, 7) is 2.55. The first kappa shape index (κ1) is 15.4. The number of hydrogen-bond acceptors (Lipinski definition) is 4. The Morgan fingerprint density at radius 3 is 2.91 bits per heavy atom. The molecule has 3 aromatic rings. The highest BCUT2D eigenvalue weighted by Gasteiger charge is 2.08. The number of aromatic nitrogens is 2. The van der Waals surface area contributed by atoms with Crippen LogP contribution in [-0.4, -0.2) is 16.6 Å². The minimum Gasteiger partial charge on any atom is -0.494 e. The van der Waals surface area contributed by atoms with Crippen LogP contribution < -0.4 is 4.74 Å². The van der Waals surface area contributed by atoms with Crippen LogP contribution >= 0.6 is 11.8 Å². The Balaban J connectivity index is 1.75. The summed E-state index contributed by atoms with van der Waals surface area (Å²) in [7, 11) is 0. The molecular weight excluding hydrogens is 313 g/mol. The van der Waals surface area contributed by atoms with Gasteiger partial charge in [0.2, 0.25) is 0 Å². The van der Waals surface area contributed by atoms with Crippen LogP contribution in [0.5, 0.6) is 5.75 Å². The van der Waals surface area contributed by atoms with E-state index in [9.17, 15) is 4.39 Å². The van der Waals surface area contributed by atoms with E-state index in [0.29, 0.717) is 23.5 Å². The van der Waals surface area contributed by atoms with Crippen molar-refractivity contribution >= 4 is 22.8 Å². The largest absolute Gasteiger partial charge is 0.494 e. The molecule has 0 atom stereocenters. The number of nitriles is 1. The number of H-pyrrole nitrogens is 1. The number of halogens is 1. The second kappa shape index (κ2) is 6.71. The molecule has 1 N–H and O–H groups in total. The van der Waals surface area contributed by atoms with Crippen LogP contribution in [0.25, 0.3) is 11.0 Å². The highest BCUT2D eigenvalue weighted by molar-refractivity contribution is 7.98. The van der Waals surface area contributed by atoms with E-state index in [1.165, 1.54) is 17.8 Å². The number of rotatable bonds is 5. The van der Waals surface area contributed by atoms with E-state index in [4.69, 9.17) is 10.00 Å². The monoisotopic (exact) mass is 327 g/mol. The van der Waals surface area contributed by atoms with Gasteiger partial charge in [-0.3, -0.25) is 0 Å². The number of thioether (sulfide) groups is 1. The zero-order chi connectivity index (χ0) is 16.2. The molecule has 0 saturated carbocycles. The third-order valence-corrected chi connectivity index (χ3v) is 4.21. The van der Waals surface area contributed by atoms with E-state index < -0.39 is 0 Å². The molecule has 3 rings (SSSR count). The molecular formula is C17H14FN3OS. The lowest BCUT2D eigenvalue weighted by Gasteiger charge is -2.01. The van der Waals surface area contributed by atoms with Crippen LogP contribution in [0.4, 0.5) is 4.39 Å². The molecule has 0 spiro atoms. The van der Waals surface area contributed by atoms with Gasteiger partial charge in [-0.2, -0.15) is 5.26 Å². The van der Waals surface area contributed by atoms with Gasteiger partial charge in [0.15, 0.2) is 5.16 Å². The van der Waals surface area contributed by atoms with E-state index in [2.05, 4.69) is 9.97 Å². The number of ether oxygens (including phenoxy) is 1. The average molecular weight is 327 g/mol. The molecule has 0 saturated heterocycles. The highest BCUT2D eigenvalue weighted by atomic mass is 32.2. The Labute approximate surface area is 137 Å². The number of imidazole rings is 1. The lowest BCUT2D eigenvalue weighted by Crippen LogP contribution is -1.90. The van der Waals surface area contributed by atoms with Gasteiger partial charge < -0.3 is 9.72 Å². The van der Waals surface area contributed by atoms with Crippen LogP contribution in [0.15, 0.2) is 41.6 Å². The Morgan fingerprint density at radius 2 is 2.17 bits per heavy atom. The molecule has 23 heavy (non-hydrogen) atoms. The van der Waals surface area contributed by atoms with Gasteiger partial charge in [0, 0.05) is 11.8 Å². The maximum absolute atomic E-state index is 13.9. The zero-order valence-corrected chi connectivity index (χ0v) is 13.3. The zero-order valence-electron chi connectivity index (χ0n) is 12.5. The molecule has 116 valence electrons. The predicted molar refractivity (Wildman–Crippen MR) is 87.9 cm³/mol. The molecule has 0 aliphatic rings. The van der Waals surface area contributed by atoms with Gasteiger partial charge in [-0.15, -0.1) is 0 Å². The quantitative estimate of drug-likeness (QED) is 0.711. The molecule has 2 aromatic carbocycles. The summed E-state index contributed by atoms with van der Waals surface area (Å²) in [4.78, 5) is 7.67. The van der Waals surface area contributed by atoms with Crippen LogP contribution in [0.2, 0.25) is 0 Å². The van der Waals surface area contributed by atoms with Crippen molar-refractivity contribution in [3.63, 3.8) is 0 Å². The second-order valence-electron chi connectivity index (χ2n) is 4.86. The third kappa shape index (κ3) is 3.46. The van der Waals surface area contributed by atoms with Crippen LogP contribution in [0, 0.1) is 17.1 Å². The van der Waals surface area contributed by atoms with Gasteiger partial charge in [-0.05, 0) is 36.8 Å². The molecule has 0 bridgehead atoms. The van der Waals surface area contributed by atoms with Gasteiger partial charge in [0.1, 0.15) is 11.6 Å². The van der Waals surface area contributed by atoms with Crippen molar-refractivity contribution < 1.29 is 9.13 Å². The van der Waals surface area contributed by atoms with Crippen LogP contribution in [-0.2, 0) is 5.75 Å². The lowest BCUT2D eigenvalue weighted by atomic mass is 10.1. The van der Waals surface area contributed by atoms with Crippen molar-refractivity contribution in [2.45, 2.75) is 17.8 Å². The van der Waals surface area contributed by atoms with Crippen molar-refractivity contribution in [2.75, 3.05) is 6.61 Å². The SMILES string of the molecule is CCOc1ccc2nc(SCc3ccc(C#N)cc3F)[nH]c2c1. The van der Waals surface area contributed by atoms with Gasteiger partial charge in [-0.1, -0.05) is 17.8 Å². The topological polar surface area (TPSA) is 61.7 Å². The van der Waals surface area contributed by atoms with Crippen molar-refractivity contribution in [3.8, 4) is 11.8 Å². The normalized spacial score (nSPS) is 10.7. The molecule has 0 unspecified atom stereocenters. The first-order valence-corrected chi connectivity index (χ1v) is 8.12. The predicted octanol–water partition coefficient (Wildman–Crippen LogP) is 4.26. The van der Waals surface area contributed by atoms with Crippen molar-refractivity contribution in [2.24, 2.45) is 0 Å². The third-order valence-electron chi connectivity index (χ3n) is 3.29. The second-order valence-corrected chi connectivity index (χ2v) is 5.82. The Hall–Kier alpha value is -2.52. The fourth-order valence-electron chi connectivity index (χ4n) is 2.17. The van der Waals surface area contributed by atoms with E-state index in [1.807, 2.05) is 31.2 Å². The standard InChI is InChI=1S/C17H14FN3OS/c1-2-22-13-5-6-15-16(8-13)21-17(20-15)23-10-12-4-3-11(9-19)7-14(12)18/h3-8H,2,10H2,1H3,(H,20,21). The number of aromatic amines is 1. The fourth-order valence-corrected chi connectivity index (χ4v) is 3.04. The Kier molecular flexibility index (Phi) is 4.49. The smallest absolute Gasteiger partial charge is 0.166 e. The first-order valence-electron chi connectivity index (χ1n) is 7.13.